The molecule has 0 aliphatic carbocycles. The van der Waals surface area contributed by atoms with E-state index in [4.69, 9.17) is 4.84 Å². The second-order valence-electron chi connectivity index (χ2n) is 5.49. The highest BCUT2D eigenvalue weighted by Crippen LogP contribution is 2.19. The number of hydrogen-bond acceptors (Lipinski definition) is 2. The monoisotopic (exact) mass is 304 g/mol. The maximum Gasteiger partial charge on any atom is 0.142 e. The van der Waals surface area contributed by atoms with E-state index in [0.29, 0.717) is 6.61 Å². The molecule has 3 heteroatoms. The predicted molar refractivity (Wildman–Crippen MR) is 94.1 cm³/mol. The number of aromatic nitrogens is 1. The molecule has 23 heavy (non-hydrogen) atoms. The average Bonchev–Trinajstić information content (AvgIpc) is 2.87. The molecule has 0 bridgehead atoms. The minimum atomic E-state index is 0.481. The van der Waals surface area contributed by atoms with E-state index in [2.05, 4.69) is 41.8 Å². The highest BCUT2D eigenvalue weighted by Gasteiger charge is 2.08. The van der Waals surface area contributed by atoms with Gasteiger partial charge in [-0.05, 0) is 37.6 Å². The topological polar surface area (TPSA) is 26.5 Å². The lowest BCUT2D eigenvalue weighted by molar-refractivity contribution is 0.132. The Balaban J connectivity index is 1.73. The summed E-state index contributed by atoms with van der Waals surface area (Å²) in [6, 6.07) is 22.5. The van der Waals surface area contributed by atoms with Gasteiger partial charge in [-0.15, -0.1) is 0 Å². The van der Waals surface area contributed by atoms with Gasteiger partial charge < -0.3 is 9.40 Å². The zero-order chi connectivity index (χ0) is 16.1. The van der Waals surface area contributed by atoms with Gasteiger partial charge in [-0.25, -0.2) is 0 Å². The number of aryl methyl sites for hydroxylation is 1. The van der Waals surface area contributed by atoms with Gasteiger partial charge in [-0.1, -0.05) is 53.7 Å². The van der Waals surface area contributed by atoms with E-state index in [-0.39, 0.29) is 0 Å². The molecule has 3 aromatic rings. The van der Waals surface area contributed by atoms with Gasteiger partial charge in [0.1, 0.15) is 6.61 Å². The van der Waals surface area contributed by atoms with Gasteiger partial charge in [-0.2, -0.15) is 0 Å². The molecular formula is C20H20N2O. The number of benzene rings is 2. The Kier molecular flexibility index (Phi) is 4.57. The second-order valence-corrected chi connectivity index (χ2v) is 5.49. The molecule has 1 heterocycles. The van der Waals surface area contributed by atoms with Crippen LogP contribution in [0, 0.1) is 13.8 Å². The molecule has 2 aromatic carbocycles. The lowest BCUT2D eigenvalue weighted by Gasteiger charge is -2.08. The molecule has 0 aliphatic heterocycles. The van der Waals surface area contributed by atoms with E-state index in [1.807, 2.05) is 48.5 Å². The predicted octanol–water partition coefficient (Wildman–Crippen LogP) is 4.64. The normalized spacial score (nSPS) is 11.0. The van der Waals surface area contributed by atoms with Gasteiger partial charge in [0.25, 0.3) is 0 Å². The quantitative estimate of drug-likeness (QED) is 0.498. The maximum absolute atomic E-state index is 5.39. The zero-order valence-electron chi connectivity index (χ0n) is 13.4. The summed E-state index contributed by atoms with van der Waals surface area (Å²) in [5.41, 5.74) is 5.67. The summed E-state index contributed by atoms with van der Waals surface area (Å²) in [7, 11) is 0. The zero-order valence-corrected chi connectivity index (χ0v) is 13.4. The van der Waals surface area contributed by atoms with Crippen LogP contribution in [0.5, 0.6) is 0 Å². The summed E-state index contributed by atoms with van der Waals surface area (Å²) < 4.78 is 2.22. The van der Waals surface area contributed by atoms with Crippen molar-refractivity contribution in [1.29, 1.82) is 0 Å². The molecule has 0 unspecified atom stereocenters. The van der Waals surface area contributed by atoms with E-state index >= 15 is 0 Å². The number of para-hydroxylation sites is 1. The molecule has 0 N–H and O–H groups in total. The van der Waals surface area contributed by atoms with Crippen molar-refractivity contribution < 1.29 is 4.84 Å². The van der Waals surface area contributed by atoms with Crippen molar-refractivity contribution in [3.8, 4) is 5.69 Å². The van der Waals surface area contributed by atoms with Crippen molar-refractivity contribution in [2.24, 2.45) is 5.16 Å². The first-order chi connectivity index (χ1) is 11.3. The summed E-state index contributed by atoms with van der Waals surface area (Å²) in [6.07, 6.45) is 1.78. The molecule has 0 saturated carbocycles. The largest absolute Gasteiger partial charge is 0.391 e. The van der Waals surface area contributed by atoms with Gasteiger partial charge in [0, 0.05) is 22.6 Å². The van der Waals surface area contributed by atoms with Gasteiger partial charge >= 0.3 is 0 Å². The van der Waals surface area contributed by atoms with Crippen molar-refractivity contribution in [3.63, 3.8) is 0 Å². The van der Waals surface area contributed by atoms with Crippen LogP contribution >= 0.6 is 0 Å². The summed E-state index contributed by atoms with van der Waals surface area (Å²) in [4.78, 5) is 5.39. The molecule has 0 aliphatic rings. The Morgan fingerprint density at radius 2 is 1.61 bits per heavy atom. The third-order valence-electron chi connectivity index (χ3n) is 3.83. The fraction of sp³-hybridized carbons (Fsp3) is 0.150. The van der Waals surface area contributed by atoms with E-state index in [9.17, 15) is 0 Å². The van der Waals surface area contributed by atoms with Crippen molar-refractivity contribution in [2.45, 2.75) is 20.5 Å². The van der Waals surface area contributed by atoms with Crippen LogP contribution in [0.3, 0.4) is 0 Å². The van der Waals surface area contributed by atoms with Gasteiger partial charge in [0.05, 0.1) is 6.21 Å². The van der Waals surface area contributed by atoms with Crippen LogP contribution in [0.1, 0.15) is 22.5 Å². The summed E-state index contributed by atoms with van der Waals surface area (Å²) in [6.45, 7) is 4.68. The van der Waals surface area contributed by atoms with E-state index in [1.54, 1.807) is 6.21 Å². The van der Waals surface area contributed by atoms with Crippen molar-refractivity contribution in [1.82, 2.24) is 4.57 Å². The van der Waals surface area contributed by atoms with Crippen LogP contribution in [0.15, 0.2) is 71.9 Å². The summed E-state index contributed by atoms with van der Waals surface area (Å²) >= 11 is 0. The molecule has 3 rings (SSSR count). The molecule has 0 saturated heterocycles. The molecule has 1 aromatic heterocycles. The third-order valence-corrected chi connectivity index (χ3v) is 3.83. The van der Waals surface area contributed by atoms with E-state index in [1.165, 1.54) is 5.69 Å². The number of oxime groups is 1. The molecule has 0 atom stereocenters. The number of nitrogens with zero attached hydrogens (tertiary/aromatic N) is 2. The Morgan fingerprint density at radius 1 is 0.957 bits per heavy atom. The molecule has 116 valence electrons. The fourth-order valence-electron chi connectivity index (χ4n) is 2.67. The first-order valence-corrected chi connectivity index (χ1v) is 7.69. The Hall–Kier alpha value is -2.81. The number of hydrogen-bond donors (Lipinski definition) is 0. The van der Waals surface area contributed by atoms with E-state index in [0.717, 1.165) is 22.5 Å². The Morgan fingerprint density at radius 3 is 2.30 bits per heavy atom. The standard InChI is InChI=1S/C20H20N2O/c1-16-13-19(14-21-23-15-18-9-5-3-6-10-18)17(2)22(16)20-11-7-4-8-12-20/h3-14H,15H2,1-2H3/b21-14-. The highest BCUT2D eigenvalue weighted by atomic mass is 16.6. The minimum Gasteiger partial charge on any atom is -0.391 e. The smallest absolute Gasteiger partial charge is 0.142 e. The average molecular weight is 304 g/mol. The van der Waals surface area contributed by atoms with Crippen LogP contribution in [0.4, 0.5) is 0 Å². The second kappa shape index (κ2) is 6.97. The molecular weight excluding hydrogens is 284 g/mol. The Labute approximate surface area is 136 Å². The van der Waals surface area contributed by atoms with Crippen LogP contribution in [-0.4, -0.2) is 10.8 Å². The maximum atomic E-state index is 5.39. The molecule has 3 nitrogen and oxygen atoms in total. The summed E-state index contributed by atoms with van der Waals surface area (Å²) in [5, 5.41) is 4.11. The fourth-order valence-corrected chi connectivity index (χ4v) is 2.67. The lowest BCUT2D eigenvalue weighted by atomic mass is 10.2. The van der Waals surface area contributed by atoms with Crippen molar-refractivity contribution >= 4 is 6.21 Å². The molecule has 0 fully saturated rings. The lowest BCUT2D eigenvalue weighted by Crippen LogP contribution is -1.99. The Bertz CT molecular complexity index is 789. The number of rotatable bonds is 5. The molecule has 0 spiro atoms. The van der Waals surface area contributed by atoms with Crippen LogP contribution in [-0.2, 0) is 11.4 Å². The first-order valence-electron chi connectivity index (χ1n) is 7.69. The SMILES string of the molecule is Cc1cc(/C=N\OCc2ccccc2)c(C)n1-c1ccccc1. The molecule has 0 amide bonds. The van der Waals surface area contributed by atoms with Crippen LogP contribution < -0.4 is 0 Å². The summed E-state index contributed by atoms with van der Waals surface area (Å²) in [5.74, 6) is 0. The molecule has 0 radical (unpaired) electrons. The highest BCUT2D eigenvalue weighted by molar-refractivity contribution is 5.81. The van der Waals surface area contributed by atoms with Gasteiger partial charge in [0.2, 0.25) is 0 Å². The minimum absolute atomic E-state index is 0.481. The van der Waals surface area contributed by atoms with Crippen LogP contribution in [0.2, 0.25) is 0 Å². The van der Waals surface area contributed by atoms with Crippen molar-refractivity contribution in [2.75, 3.05) is 0 Å². The first kappa shape index (κ1) is 15.1. The van der Waals surface area contributed by atoms with E-state index < -0.39 is 0 Å². The van der Waals surface area contributed by atoms with Gasteiger partial charge in [0.15, 0.2) is 0 Å². The van der Waals surface area contributed by atoms with Crippen molar-refractivity contribution in [3.05, 3.63) is 89.2 Å². The van der Waals surface area contributed by atoms with Gasteiger partial charge in [-0.3, -0.25) is 0 Å². The van der Waals surface area contributed by atoms with Crippen LogP contribution in [0.25, 0.3) is 5.69 Å². The third kappa shape index (κ3) is 3.51.